The van der Waals surface area contributed by atoms with E-state index in [9.17, 15) is 4.79 Å². The number of anilines is 1. The topological polar surface area (TPSA) is 95.1 Å². The number of nitriles is 1. The minimum absolute atomic E-state index is 0.115. The van der Waals surface area contributed by atoms with Crippen molar-refractivity contribution in [1.82, 2.24) is 19.9 Å². The number of pyridine rings is 1. The number of hydrogen-bond acceptors (Lipinski definition) is 4. The molecular formula is C18H18N6O. The van der Waals surface area contributed by atoms with Gasteiger partial charge in [-0.05, 0) is 36.2 Å². The molecule has 3 rings (SSSR count). The number of carbonyl (C=O) groups is 1. The lowest BCUT2D eigenvalue weighted by Gasteiger charge is -2.21. The third-order valence-corrected chi connectivity index (χ3v) is 3.82. The molecular weight excluding hydrogens is 316 g/mol. The fourth-order valence-electron chi connectivity index (χ4n) is 2.58. The number of hydrogen-bond donors (Lipinski definition) is 2. The zero-order valence-electron chi connectivity index (χ0n) is 14.0. The highest BCUT2D eigenvalue weighted by Gasteiger charge is 2.23. The highest BCUT2D eigenvalue weighted by atomic mass is 16.2. The summed E-state index contributed by atoms with van der Waals surface area (Å²) in [7, 11) is 0. The van der Waals surface area contributed by atoms with Gasteiger partial charge in [0.05, 0.1) is 17.7 Å². The van der Waals surface area contributed by atoms with Crippen molar-refractivity contribution >= 4 is 17.4 Å². The third kappa shape index (κ3) is 3.58. The van der Waals surface area contributed by atoms with Gasteiger partial charge < -0.3 is 10.6 Å². The normalized spacial score (nSPS) is 11.9. The molecule has 0 saturated heterocycles. The van der Waals surface area contributed by atoms with Crippen LogP contribution in [0.15, 0.2) is 48.7 Å². The molecule has 0 aliphatic heterocycles. The SMILES string of the molecule is CC(C)C(NC(=O)Nc1cccc(C#N)c1)c1nnc2ccccn12. The van der Waals surface area contributed by atoms with Gasteiger partial charge in [-0.15, -0.1) is 10.2 Å². The van der Waals surface area contributed by atoms with Crippen molar-refractivity contribution in [3.05, 3.63) is 60.0 Å². The van der Waals surface area contributed by atoms with Crippen LogP contribution in [0.4, 0.5) is 10.5 Å². The summed E-state index contributed by atoms with van der Waals surface area (Å²) in [6.45, 7) is 4.01. The van der Waals surface area contributed by atoms with E-state index >= 15 is 0 Å². The molecule has 0 saturated carbocycles. The Kier molecular flexibility index (Phi) is 4.61. The summed E-state index contributed by atoms with van der Waals surface area (Å²) in [6.07, 6.45) is 1.87. The van der Waals surface area contributed by atoms with Crippen LogP contribution in [-0.2, 0) is 0 Å². The number of nitrogens with zero attached hydrogens (tertiary/aromatic N) is 4. The lowest BCUT2D eigenvalue weighted by molar-refractivity contribution is 0.243. The molecule has 1 unspecified atom stereocenters. The maximum Gasteiger partial charge on any atom is 0.319 e. The second kappa shape index (κ2) is 7.01. The summed E-state index contributed by atoms with van der Waals surface area (Å²) in [5.74, 6) is 0.787. The number of rotatable bonds is 4. The van der Waals surface area contributed by atoms with Crippen LogP contribution in [0, 0.1) is 17.2 Å². The van der Waals surface area contributed by atoms with Crippen molar-refractivity contribution in [1.29, 1.82) is 5.26 Å². The van der Waals surface area contributed by atoms with E-state index in [2.05, 4.69) is 20.8 Å². The van der Waals surface area contributed by atoms with Crippen LogP contribution in [0.5, 0.6) is 0 Å². The number of benzene rings is 1. The number of carbonyl (C=O) groups excluding carboxylic acids is 1. The van der Waals surface area contributed by atoms with Crippen LogP contribution in [-0.4, -0.2) is 20.6 Å². The molecule has 0 fully saturated rings. The summed E-state index contributed by atoms with van der Waals surface area (Å²) < 4.78 is 1.86. The van der Waals surface area contributed by atoms with Crippen LogP contribution in [0.2, 0.25) is 0 Å². The number of amides is 2. The maximum absolute atomic E-state index is 12.4. The fraction of sp³-hybridized carbons (Fsp3) is 0.222. The molecule has 0 aliphatic carbocycles. The van der Waals surface area contributed by atoms with E-state index in [1.165, 1.54) is 0 Å². The molecule has 0 aliphatic rings. The molecule has 7 heteroatoms. The van der Waals surface area contributed by atoms with Crippen LogP contribution in [0.1, 0.15) is 31.3 Å². The van der Waals surface area contributed by atoms with Gasteiger partial charge in [0.2, 0.25) is 0 Å². The minimum atomic E-state index is -0.360. The third-order valence-electron chi connectivity index (χ3n) is 3.82. The second-order valence-electron chi connectivity index (χ2n) is 6.00. The van der Waals surface area contributed by atoms with Crippen molar-refractivity contribution in [2.45, 2.75) is 19.9 Å². The van der Waals surface area contributed by atoms with Gasteiger partial charge in [0.15, 0.2) is 11.5 Å². The molecule has 1 atom stereocenters. The average Bonchev–Trinajstić information content (AvgIpc) is 3.03. The first-order valence-corrected chi connectivity index (χ1v) is 7.96. The Hall–Kier alpha value is -3.40. The van der Waals surface area contributed by atoms with Gasteiger partial charge in [-0.3, -0.25) is 4.40 Å². The summed E-state index contributed by atoms with van der Waals surface area (Å²) in [6, 6.07) is 13.8. The number of urea groups is 1. The highest BCUT2D eigenvalue weighted by molar-refractivity contribution is 5.89. The van der Waals surface area contributed by atoms with Crippen LogP contribution < -0.4 is 10.6 Å². The van der Waals surface area contributed by atoms with Crippen molar-refractivity contribution in [2.75, 3.05) is 5.32 Å². The van der Waals surface area contributed by atoms with E-state index in [-0.39, 0.29) is 18.0 Å². The Balaban J connectivity index is 1.80. The minimum Gasteiger partial charge on any atom is -0.328 e. The summed E-state index contributed by atoms with van der Waals surface area (Å²) in [5.41, 5.74) is 1.78. The van der Waals surface area contributed by atoms with Crippen LogP contribution in [0.25, 0.3) is 5.65 Å². The van der Waals surface area contributed by atoms with E-state index in [0.29, 0.717) is 17.1 Å². The van der Waals surface area contributed by atoms with Gasteiger partial charge in [-0.1, -0.05) is 26.0 Å². The van der Waals surface area contributed by atoms with Gasteiger partial charge in [0, 0.05) is 11.9 Å². The zero-order valence-corrected chi connectivity index (χ0v) is 14.0. The summed E-state index contributed by atoms with van der Waals surface area (Å²) >= 11 is 0. The molecule has 3 aromatic rings. The van der Waals surface area contributed by atoms with Crippen molar-refractivity contribution < 1.29 is 4.79 Å². The number of aromatic nitrogens is 3. The fourth-order valence-corrected chi connectivity index (χ4v) is 2.58. The van der Waals surface area contributed by atoms with E-state index in [1.807, 2.05) is 48.7 Å². The van der Waals surface area contributed by atoms with Crippen molar-refractivity contribution in [2.24, 2.45) is 5.92 Å². The lowest BCUT2D eigenvalue weighted by atomic mass is 10.0. The van der Waals surface area contributed by atoms with Crippen LogP contribution in [0.3, 0.4) is 0 Å². The molecule has 0 radical (unpaired) electrons. The zero-order chi connectivity index (χ0) is 17.8. The average molecular weight is 334 g/mol. The first-order valence-electron chi connectivity index (χ1n) is 7.96. The van der Waals surface area contributed by atoms with Crippen LogP contribution >= 0.6 is 0 Å². The van der Waals surface area contributed by atoms with Gasteiger partial charge in [-0.2, -0.15) is 5.26 Å². The quantitative estimate of drug-likeness (QED) is 0.766. The molecule has 2 N–H and O–H groups in total. The Morgan fingerprint density at radius 2 is 2.04 bits per heavy atom. The Morgan fingerprint density at radius 3 is 2.80 bits per heavy atom. The highest BCUT2D eigenvalue weighted by Crippen LogP contribution is 2.21. The summed E-state index contributed by atoms with van der Waals surface area (Å²) in [5, 5.41) is 23.0. The largest absolute Gasteiger partial charge is 0.328 e. The molecule has 1 aromatic carbocycles. The van der Waals surface area contributed by atoms with E-state index in [1.54, 1.807) is 24.3 Å². The monoisotopic (exact) mass is 334 g/mol. The molecule has 0 spiro atoms. The predicted molar refractivity (Wildman–Crippen MR) is 93.9 cm³/mol. The molecule has 0 bridgehead atoms. The van der Waals surface area contributed by atoms with Gasteiger partial charge >= 0.3 is 6.03 Å². The van der Waals surface area contributed by atoms with Gasteiger partial charge in [-0.25, -0.2) is 4.79 Å². The predicted octanol–water partition coefficient (Wildman–Crippen LogP) is 3.12. The number of fused-ring (bicyclic) bond motifs is 1. The smallest absolute Gasteiger partial charge is 0.319 e. The standard InChI is InChI=1S/C18H18N6O/c1-12(2)16(17-23-22-15-8-3-4-9-24(15)17)21-18(25)20-14-7-5-6-13(10-14)11-19/h3-10,12,16H,1-2H3,(H2,20,21,25). The lowest BCUT2D eigenvalue weighted by Crippen LogP contribution is -2.36. The van der Waals surface area contributed by atoms with Gasteiger partial charge in [0.25, 0.3) is 0 Å². The molecule has 2 aromatic heterocycles. The first-order chi connectivity index (χ1) is 12.1. The van der Waals surface area contributed by atoms with Crippen molar-refractivity contribution in [3.63, 3.8) is 0 Å². The Morgan fingerprint density at radius 1 is 1.20 bits per heavy atom. The molecule has 25 heavy (non-hydrogen) atoms. The maximum atomic E-state index is 12.4. The Labute approximate surface area is 145 Å². The first kappa shape index (κ1) is 16.5. The molecule has 2 amide bonds. The molecule has 126 valence electrons. The molecule has 2 heterocycles. The molecule has 7 nitrogen and oxygen atoms in total. The number of nitrogens with one attached hydrogen (secondary N) is 2. The van der Waals surface area contributed by atoms with E-state index in [0.717, 1.165) is 5.65 Å². The van der Waals surface area contributed by atoms with Gasteiger partial charge in [0.1, 0.15) is 0 Å². The van der Waals surface area contributed by atoms with E-state index in [4.69, 9.17) is 5.26 Å². The van der Waals surface area contributed by atoms with Crippen molar-refractivity contribution in [3.8, 4) is 6.07 Å². The summed E-state index contributed by atoms with van der Waals surface area (Å²) in [4.78, 5) is 12.4. The second-order valence-corrected chi connectivity index (χ2v) is 6.00. The van der Waals surface area contributed by atoms with E-state index < -0.39 is 0 Å². The Bertz CT molecular complexity index is 940.